The van der Waals surface area contributed by atoms with Gasteiger partial charge < -0.3 is 9.84 Å². The van der Waals surface area contributed by atoms with E-state index in [-0.39, 0.29) is 12.2 Å². The maximum Gasteiger partial charge on any atom is 0.252 e. The SMILES string of the molecule is CC1(CO)Cc2ccc(C#N)cc2C(n2ccccc2=O)O1. The molecule has 0 spiro atoms. The highest BCUT2D eigenvalue weighted by Gasteiger charge is 2.37. The average molecular weight is 296 g/mol. The van der Waals surface area contributed by atoms with Crippen LogP contribution in [-0.2, 0) is 11.2 Å². The number of pyridine rings is 1. The normalized spacial score (nSPS) is 23.6. The van der Waals surface area contributed by atoms with Crippen molar-refractivity contribution in [1.29, 1.82) is 5.26 Å². The van der Waals surface area contributed by atoms with Crippen LogP contribution in [-0.4, -0.2) is 21.9 Å². The molecular formula is C17H16N2O3. The molecule has 5 heteroatoms. The third-order valence-corrected chi connectivity index (χ3v) is 3.94. The highest BCUT2D eigenvalue weighted by atomic mass is 16.5. The number of ether oxygens (including phenoxy) is 1. The van der Waals surface area contributed by atoms with Crippen molar-refractivity contribution < 1.29 is 9.84 Å². The van der Waals surface area contributed by atoms with E-state index < -0.39 is 11.8 Å². The topological polar surface area (TPSA) is 75.2 Å². The molecule has 1 aromatic heterocycles. The number of nitrogens with zero attached hydrogens (tertiary/aromatic N) is 2. The highest BCUT2D eigenvalue weighted by molar-refractivity contribution is 5.41. The Bertz CT molecular complexity index is 806. The van der Waals surface area contributed by atoms with Gasteiger partial charge >= 0.3 is 0 Å². The lowest BCUT2D eigenvalue weighted by molar-refractivity contribution is -0.132. The van der Waals surface area contributed by atoms with Gasteiger partial charge in [-0.25, -0.2) is 0 Å². The van der Waals surface area contributed by atoms with Crippen molar-refractivity contribution in [1.82, 2.24) is 4.57 Å². The number of nitriles is 1. The lowest BCUT2D eigenvalue weighted by Gasteiger charge is -2.39. The first-order valence-corrected chi connectivity index (χ1v) is 7.05. The molecule has 0 radical (unpaired) electrons. The molecule has 1 N–H and O–H groups in total. The molecule has 2 unspecified atom stereocenters. The summed E-state index contributed by atoms with van der Waals surface area (Å²) in [7, 11) is 0. The number of hydrogen-bond acceptors (Lipinski definition) is 4. The van der Waals surface area contributed by atoms with Gasteiger partial charge in [-0.1, -0.05) is 12.1 Å². The van der Waals surface area contributed by atoms with Gasteiger partial charge in [0, 0.05) is 24.2 Å². The zero-order chi connectivity index (χ0) is 15.7. The number of aliphatic hydroxyl groups excluding tert-OH is 1. The maximum atomic E-state index is 12.1. The van der Waals surface area contributed by atoms with Crippen LogP contribution in [0, 0.1) is 11.3 Å². The molecule has 0 bridgehead atoms. The highest BCUT2D eigenvalue weighted by Crippen LogP contribution is 2.36. The maximum absolute atomic E-state index is 12.1. The van der Waals surface area contributed by atoms with Gasteiger partial charge in [0.15, 0.2) is 6.23 Å². The van der Waals surface area contributed by atoms with Crippen molar-refractivity contribution in [3.05, 3.63) is 69.6 Å². The molecule has 1 aliphatic heterocycles. The average Bonchev–Trinajstić information content (AvgIpc) is 2.54. The van der Waals surface area contributed by atoms with Gasteiger partial charge in [0.25, 0.3) is 5.56 Å². The van der Waals surface area contributed by atoms with E-state index in [1.807, 2.05) is 13.0 Å². The second kappa shape index (κ2) is 5.41. The minimum Gasteiger partial charge on any atom is -0.393 e. The zero-order valence-electron chi connectivity index (χ0n) is 12.2. The first-order valence-electron chi connectivity index (χ1n) is 7.05. The number of benzene rings is 1. The Morgan fingerprint density at radius 1 is 1.45 bits per heavy atom. The van der Waals surface area contributed by atoms with E-state index in [0.717, 1.165) is 11.1 Å². The molecular weight excluding hydrogens is 280 g/mol. The number of rotatable bonds is 2. The first kappa shape index (κ1) is 14.5. The van der Waals surface area contributed by atoms with Crippen LogP contribution < -0.4 is 5.56 Å². The van der Waals surface area contributed by atoms with E-state index in [0.29, 0.717) is 12.0 Å². The largest absolute Gasteiger partial charge is 0.393 e. The van der Waals surface area contributed by atoms with Crippen molar-refractivity contribution >= 4 is 0 Å². The molecule has 22 heavy (non-hydrogen) atoms. The fourth-order valence-corrected chi connectivity index (χ4v) is 2.77. The van der Waals surface area contributed by atoms with Crippen LogP contribution in [0.15, 0.2) is 47.4 Å². The Balaban J connectivity index is 2.19. The molecule has 0 aliphatic carbocycles. The van der Waals surface area contributed by atoms with E-state index >= 15 is 0 Å². The summed E-state index contributed by atoms with van der Waals surface area (Å²) < 4.78 is 7.50. The Hall–Kier alpha value is -2.42. The molecule has 2 heterocycles. The van der Waals surface area contributed by atoms with E-state index in [1.54, 1.807) is 30.5 Å². The minimum absolute atomic E-state index is 0.148. The smallest absolute Gasteiger partial charge is 0.252 e. The van der Waals surface area contributed by atoms with Crippen molar-refractivity contribution in [2.75, 3.05) is 6.61 Å². The minimum atomic E-state index is -0.763. The molecule has 0 saturated carbocycles. The summed E-state index contributed by atoms with van der Waals surface area (Å²) in [5.74, 6) is 0. The molecule has 2 atom stereocenters. The molecule has 3 rings (SSSR count). The van der Waals surface area contributed by atoms with Crippen LogP contribution in [0.3, 0.4) is 0 Å². The second-order valence-corrected chi connectivity index (χ2v) is 5.73. The Labute approximate surface area is 128 Å². The Kier molecular flexibility index (Phi) is 3.57. The van der Waals surface area contributed by atoms with Crippen molar-refractivity contribution in [2.24, 2.45) is 0 Å². The third kappa shape index (κ3) is 2.43. The fraction of sp³-hybridized carbons (Fsp3) is 0.294. The fourth-order valence-electron chi connectivity index (χ4n) is 2.77. The van der Waals surface area contributed by atoms with Gasteiger partial charge in [-0.05, 0) is 30.7 Å². The summed E-state index contributed by atoms with van der Waals surface area (Å²) in [6.07, 6.45) is 1.53. The molecule has 1 aliphatic rings. The lowest BCUT2D eigenvalue weighted by Crippen LogP contribution is -2.44. The summed E-state index contributed by atoms with van der Waals surface area (Å²) in [4.78, 5) is 12.1. The third-order valence-electron chi connectivity index (χ3n) is 3.94. The van der Waals surface area contributed by atoms with E-state index in [2.05, 4.69) is 6.07 Å². The van der Waals surface area contributed by atoms with Crippen LogP contribution in [0.4, 0.5) is 0 Å². The molecule has 5 nitrogen and oxygen atoms in total. The van der Waals surface area contributed by atoms with E-state index in [9.17, 15) is 9.90 Å². The van der Waals surface area contributed by atoms with E-state index in [4.69, 9.17) is 10.00 Å². The van der Waals surface area contributed by atoms with Gasteiger partial charge in [0.1, 0.15) is 0 Å². The molecule has 2 aromatic rings. The van der Waals surface area contributed by atoms with E-state index in [1.165, 1.54) is 10.6 Å². The van der Waals surface area contributed by atoms with Gasteiger partial charge in [0.2, 0.25) is 0 Å². The summed E-state index contributed by atoms with van der Waals surface area (Å²) in [5.41, 5.74) is 1.33. The molecule has 112 valence electrons. The number of aromatic nitrogens is 1. The predicted molar refractivity (Wildman–Crippen MR) is 80.3 cm³/mol. The van der Waals surface area contributed by atoms with Crippen molar-refractivity contribution in [3.8, 4) is 6.07 Å². The summed E-state index contributed by atoms with van der Waals surface area (Å²) in [6, 6.07) is 12.3. The van der Waals surface area contributed by atoms with Crippen molar-refractivity contribution in [3.63, 3.8) is 0 Å². The number of fused-ring (bicyclic) bond motifs is 1. The summed E-state index contributed by atoms with van der Waals surface area (Å²) in [5, 5.41) is 18.7. The first-order chi connectivity index (χ1) is 10.6. The van der Waals surface area contributed by atoms with Crippen LogP contribution >= 0.6 is 0 Å². The van der Waals surface area contributed by atoms with Gasteiger partial charge in [0.05, 0.1) is 23.8 Å². The van der Waals surface area contributed by atoms with Crippen LogP contribution in [0.1, 0.15) is 29.8 Å². The quantitative estimate of drug-likeness (QED) is 0.913. The van der Waals surface area contributed by atoms with Crippen LogP contribution in [0.5, 0.6) is 0 Å². The lowest BCUT2D eigenvalue weighted by atomic mass is 9.88. The Morgan fingerprint density at radius 2 is 2.27 bits per heavy atom. The zero-order valence-corrected chi connectivity index (χ0v) is 12.2. The van der Waals surface area contributed by atoms with Crippen LogP contribution in [0.2, 0.25) is 0 Å². The Morgan fingerprint density at radius 3 is 2.95 bits per heavy atom. The standard InChI is InChI=1S/C17H16N2O3/c1-17(11-20)9-13-6-5-12(10-18)8-14(13)16(22-17)19-7-3-2-4-15(19)21/h2-8,16,20H,9,11H2,1H3. The molecule has 0 saturated heterocycles. The van der Waals surface area contributed by atoms with Gasteiger partial charge in [-0.2, -0.15) is 5.26 Å². The number of hydrogen-bond donors (Lipinski definition) is 1. The summed E-state index contributed by atoms with van der Waals surface area (Å²) in [6.45, 7) is 1.67. The van der Waals surface area contributed by atoms with Gasteiger partial charge in [-0.15, -0.1) is 0 Å². The summed E-state index contributed by atoms with van der Waals surface area (Å²) >= 11 is 0. The van der Waals surface area contributed by atoms with Crippen molar-refractivity contribution in [2.45, 2.75) is 25.2 Å². The van der Waals surface area contributed by atoms with Crippen LogP contribution in [0.25, 0.3) is 0 Å². The molecule has 0 fully saturated rings. The second-order valence-electron chi connectivity index (χ2n) is 5.73. The predicted octanol–water partition coefficient (Wildman–Crippen LogP) is 1.59. The monoisotopic (exact) mass is 296 g/mol. The molecule has 1 aromatic carbocycles. The van der Waals surface area contributed by atoms with Gasteiger partial charge in [-0.3, -0.25) is 9.36 Å². The molecule has 0 amide bonds. The number of aliphatic hydroxyl groups is 1.